The second-order valence-corrected chi connectivity index (χ2v) is 4.88. The molecule has 1 fully saturated rings. The average Bonchev–Trinajstić information content (AvgIpc) is 2.38. The summed E-state index contributed by atoms with van der Waals surface area (Å²) in [7, 11) is 2.21. The van der Waals surface area contributed by atoms with Crippen LogP contribution < -0.4 is 5.73 Å². The van der Waals surface area contributed by atoms with Crippen molar-refractivity contribution in [2.24, 2.45) is 5.73 Å². The monoisotopic (exact) mass is 230 g/mol. The van der Waals surface area contributed by atoms with E-state index in [4.69, 9.17) is 5.73 Å². The first-order valence-electron chi connectivity index (χ1n) is 6.44. The van der Waals surface area contributed by atoms with Crippen molar-refractivity contribution in [3.8, 4) is 0 Å². The van der Waals surface area contributed by atoms with Gasteiger partial charge in [0.15, 0.2) is 0 Å². The summed E-state index contributed by atoms with van der Waals surface area (Å²) in [6.45, 7) is 3.05. The van der Waals surface area contributed by atoms with E-state index in [9.17, 15) is 0 Å². The first kappa shape index (κ1) is 12.3. The molecule has 0 saturated carbocycles. The smallest absolute Gasteiger partial charge is 0.0110 e. The molecule has 0 bridgehead atoms. The van der Waals surface area contributed by atoms with Gasteiger partial charge in [-0.3, -0.25) is 0 Å². The summed E-state index contributed by atoms with van der Waals surface area (Å²) >= 11 is 0. The molecule has 1 saturated heterocycles. The lowest BCUT2D eigenvalue weighted by Gasteiger charge is -2.29. The lowest BCUT2D eigenvalue weighted by Crippen LogP contribution is -2.29. The fourth-order valence-electron chi connectivity index (χ4n) is 2.43. The molecular formula is C15H22N2. The van der Waals surface area contributed by atoms with E-state index < -0.39 is 0 Å². The number of likely N-dealkylation sites (tertiary alicyclic amines) is 1. The third-order valence-electron chi connectivity index (χ3n) is 3.57. The predicted octanol–water partition coefficient (Wildman–Crippen LogP) is 2.47. The lowest BCUT2D eigenvalue weighted by molar-refractivity contribution is 0.255. The van der Waals surface area contributed by atoms with E-state index in [1.165, 1.54) is 37.1 Å². The largest absolute Gasteiger partial charge is 0.327 e. The molecule has 0 radical (unpaired) electrons. The van der Waals surface area contributed by atoms with Gasteiger partial charge in [-0.25, -0.2) is 0 Å². The van der Waals surface area contributed by atoms with E-state index in [1.807, 2.05) is 6.08 Å². The first-order chi connectivity index (χ1) is 8.29. The van der Waals surface area contributed by atoms with Crippen LogP contribution in [0.3, 0.4) is 0 Å². The molecular weight excluding hydrogens is 208 g/mol. The number of nitrogens with zero attached hydrogens (tertiary/aromatic N) is 1. The number of hydrogen-bond acceptors (Lipinski definition) is 2. The van der Waals surface area contributed by atoms with Crippen LogP contribution in [0.15, 0.2) is 30.3 Å². The van der Waals surface area contributed by atoms with Crippen LogP contribution in [-0.4, -0.2) is 31.6 Å². The van der Waals surface area contributed by atoms with Crippen LogP contribution in [0.4, 0.5) is 0 Å². The van der Waals surface area contributed by atoms with E-state index in [0.29, 0.717) is 6.54 Å². The van der Waals surface area contributed by atoms with Gasteiger partial charge in [0.2, 0.25) is 0 Å². The fourth-order valence-corrected chi connectivity index (χ4v) is 2.43. The topological polar surface area (TPSA) is 29.3 Å². The fraction of sp³-hybridized carbons (Fsp3) is 0.467. The molecule has 0 aromatic heterocycles. The van der Waals surface area contributed by atoms with Gasteiger partial charge in [-0.15, -0.1) is 0 Å². The van der Waals surface area contributed by atoms with Crippen LogP contribution in [0.5, 0.6) is 0 Å². The molecule has 17 heavy (non-hydrogen) atoms. The lowest BCUT2D eigenvalue weighted by atomic mass is 9.89. The molecule has 0 amide bonds. The maximum Gasteiger partial charge on any atom is 0.0110 e. The first-order valence-corrected chi connectivity index (χ1v) is 6.44. The van der Waals surface area contributed by atoms with Crippen LogP contribution in [0.1, 0.15) is 29.9 Å². The van der Waals surface area contributed by atoms with Crippen molar-refractivity contribution in [3.05, 3.63) is 41.5 Å². The average molecular weight is 230 g/mol. The summed E-state index contributed by atoms with van der Waals surface area (Å²) in [5.41, 5.74) is 8.18. The second kappa shape index (κ2) is 5.99. The molecule has 2 nitrogen and oxygen atoms in total. The summed E-state index contributed by atoms with van der Waals surface area (Å²) in [5, 5.41) is 0. The van der Waals surface area contributed by atoms with Crippen molar-refractivity contribution in [2.45, 2.75) is 18.8 Å². The number of rotatable bonds is 3. The van der Waals surface area contributed by atoms with Gasteiger partial charge < -0.3 is 10.6 Å². The number of hydrogen-bond donors (Lipinski definition) is 1. The van der Waals surface area contributed by atoms with E-state index in [0.717, 1.165) is 5.92 Å². The highest BCUT2D eigenvalue weighted by Gasteiger charge is 2.17. The van der Waals surface area contributed by atoms with Crippen molar-refractivity contribution in [3.63, 3.8) is 0 Å². The summed E-state index contributed by atoms with van der Waals surface area (Å²) in [4.78, 5) is 2.41. The van der Waals surface area contributed by atoms with E-state index in [2.05, 4.69) is 42.3 Å². The van der Waals surface area contributed by atoms with E-state index in [-0.39, 0.29) is 0 Å². The number of benzene rings is 1. The highest BCUT2D eigenvalue weighted by atomic mass is 15.1. The van der Waals surface area contributed by atoms with Crippen LogP contribution in [0.25, 0.3) is 6.08 Å². The Labute approximate surface area is 104 Å². The number of nitrogens with two attached hydrogens (primary N) is 1. The molecule has 0 spiro atoms. The highest BCUT2D eigenvalue weighted by Crippen LogP contribution is 2.27. The number of piperidine rings is 1. The Kier molecular flexibility index (Phi) is 4.35. The minimum atomic E-state index is 0.608. The second-order valence-electron chi connectivity index (χ2n) is 4.88. The van der Waals surface area contributed by atoms with Crippen molar-refractivity contribution in [1.82, 2.24) is 4.90 Å². The van der Waals surface area contributed by atoms with Gasteiger partial charge in [0.1, 0.15) is 0 Å². The Morgan fingerprint density at radius 1 is 1.24 bits per heavy atom. The normalized spacial score (nSPS) is 18.9. The third kappa shape index (κ3) is 3.42. The maximum absolute atomic E-state index is 5.44. The van der Waals surface area contributed by atoms with Crippen molar-refractivity contribution in [1.29, 1.82) is 0 Å². The van der Waals surface area contributed by atoms with Crippen LogP contribution in [-0.2, 0) is 0 Å². The van der Waals surface area contributed by atoms with Gasteiger partial charge in [-0.1, -0.05) is 36.4 Å². The molecule has 1 aliphatic heterocycles. The Morgan fingerprint density at radius 3 is 2.47 bits per heavy atom. The Morgan fingerprint density at radius 2 is 1.88 bits per heavy atom. The molecule has 1 heterocycles. The molecule has 0 aliphatic carbocycles. The Balaban J connectivity index is 2.00. The summed E-state index contributed by atoms with van der Waals surface area (Å²) in [6.07, 6.45) is 6.64. The summed E-state index contributed by atoms with van der Waals surface area (Å²) in [6, 6.07) is 8.93. The van der Waals surface area contributed by atoms with Gasteiger partial charge in [0.05, 0.1) is 0 Å². The molecule has 1 aromatic rings. The van der Waals surface area contributed by atoms with Gasteiger partial charge in [-0.05, 0) is 50.0 Å². The molecule has 2 N–H and O–H groups in total. The predicted molar refractivity (Wildman–Crippen MR) is 74.0 cm³/mol. The van der Waals surface area contributed by atoms with E-state index in [1.54, 1.807) is 0 Å². The quantitative estimate of drug-likeness (QED) is 0.864. The molecule has 1 aromatic carbocycles. The molecule has 1 aliphatic rings. The van der Waals surface area contributed by atoms with Gasteiger partial charge in [-0.2, -0.15) is 0 Å². The highest BCUT2D eigenvalue weighted by molar-refractivity contribution is 5.50. The zero-order chi connectivity index (χ0) is 12.1. The van der Waals surface area contributed by atoms with E-state index >= 15 is 0 Å². The van der Waals surface area contributed by atoms with Gasteiger partial charge in [0.25, 0.3) is 0 Å². The zero-order valence-corrected chi connectivity index (χ0v) is 10.6. The SMILES string of the molecule is CN1CCC(c2ccc(/C=C/CN)cc2)CC1. The van der Waals surface area contributed by atoms with Crippen LogP contribution in [0.2, 0.25) is 0 Å². The Bertz CT molecular complexity index is 359. The molecule has 0 atom stereocenters. The molecule has 2 heteroatoms. The van der Waals surface area contributed by atoms with Gasteiger partial charge in [0, 0.05) is 6.54 Å². The minimum Gasteiger partial charge on any atom is -0.327 e. The van der Waals surface area contributed by atoms with Crippen molar-refractivity contribution >= 4 is 6.08 Å². The minimum absolute atomic E-state index is 0.608. The summed E-state index contributed by atoms with van der Waals surface area (Å²) in [5.74, 6) is 0.749. The molecule has 2 rings (SSSR count). The Hall–Kier alpha value is -1.12. The standard InChI is InChI=1S/C15H22N2/c1-17-11-8-15(9-12-17)14-6-4-13(5-7-14)3-2-10-16/h2-7,15H,8-12,16H2,1H3/b3-2+. The third-order valence-corrected chi connectivity index (χ3v) is 3.57. The van der Waals surface area contributed by atoms with Crippen LogP contribution >= 0.6 is 0 Å². The van der Waals surface area contributed by atoms with Crippen LogP contribution in [0, 0.1) is 0 Å². The van der Waals surface area contributed by atoms with Crippen molar-refractivity contribution < 1.29 is 0 Å². The van der Waals surface area contributed by atoms with Crippen molar-refractivity contribution in [2.75, 3.05) is 26.7 Å². The summed E-state index contributed by atoms with van der Waals surface area (Å²) < 4.78 is 0. The molecule has 92 valence electrons. The zero-order valence-electron chi connectivity index (χ0n) is 10.6. The maximum atomic E-state index is 5.44. The molecule has 0 unspecified atom stereocenters. The van der Waals surface area contributed by atoms with Gasteiger partial charge >= 0.3 is 0 Å².